The highest BCUT2D eigenvalue weighted by molar-refractivity contribution is 6.07. The van der Waals surface area contributed by atoms with Crippen molar-refractivity contribution in [3.63, 3.8) is 0 Å². The monoisotopic (exact) mass is 438 g/mol. The number of nitrogens with one attached hydrogen (secondary N) is 2. The maximum Gasteiger partial charge on any atom is 0.254 e. The first-order chi connectivity index (χ1) is 15.2. The second-order valence-electron chi connectivity index (χ2n) is 10.7. The molecule has 1 atom stereocenters. The smallest absolute Gasteiger partial charge is 0.254 e. The number of carbonyl (C=O) groups excluding carboxylic acids is 2. The number of piperidine rings is 1. The van der Waals surface area contributed by atoms with E-state index in [-0.39, 0.29) is 23.2 Å². The first-order valence-corrected chi connectivity index (χ1v) is 12.3. The zero-order chi connectivity index (χ0) is 22.9. The summed E-state index contributed by atoms with van der Waals surface area (Å²) in [4.78, 5) is 30.4. The molecule has 6 heteroatoms. The lowest BCUT2D eigenvalue weighted by molar-refractivity contribution is -0.139. The molecule has 2 aliphatic heterocycles. The SMILES string of the molecule is CC(C)CC1(C)NC(=N)N(CC2CCN(C(=O)C3(c4ccccc4)CCCC3)CC2)C1=O. The molecule has 2 amide bonds. The van der Waals surface area contributed by atoms with Crippen molar-refractivity contribution in [2.24, 2.45) is 11.8 Å². The zero-order valence-electron chi connectivity index (χ0n) is 19.8. The van der Waals surface area contributed by atoms with Crippen LogP contribution in [-0.4, -0.2) is 52.7 Å². The fraction of sp³-hybridized carbons (Fsp3) is 0.654. The van der Waals surface area contributed by atoms with Crippen LogP contribution in [0.5, 0.6) is 0 Å². The lowest BCUT2D eigenvalue weighted by Crippen LogP contribution is -2.50. The molecule has 174 valence electrons. The number of hydrogen-bond acceptors (Lipinski definition) is 3. The Morgan fingerprint density at radius 2 is 1.78 bits per heavy atom. The molecule has 0 radical (unpaired) electrons. The molecule has 0 aromatic heterocycles. The Hall–Kier alpha value is -2.37. The van der Waals surface area contributed by atoms with Crippen LogP contribution < -0.4 is 5.32 Å². The Bertz CT molecular complexity index is 854. The van der Waals surface area contributed by atoms with Crippen molar-refractivity contribution >= 4 is 17.8 Å². The van der Waals surface area contributed by atoms with E-state index in [9.17, 15) is 9.59 Å². The van der Waals surface area contributed by atoms with Crippen molar-refractivity contribution in [1.82, 2.24) is 15.1 Å². The van der Waals surface area contributed by atoms with Crippen LogP contribution in [0.25, 0.3) is 0 Å². The van der Waals surface area contributed by atoms with E-state index >= 15 is 0 Å². The number of amides is 2. The minimum absolute atomic E-state index is 0.0173. The largest absolute Gasteiger partial charge is 0.342 e. The van der Waals surface area contributed by atoms with Crippen LogP contribution in [0.2, 0.25) is 0 Å². The summed E-state index contributed by atoms with van der Waals surface area (Å²) in [6.07, 6.45) is 6.59. The Morgan fingerprint density at radius 1 is 1.16 bits per heavy atom. The first-order valence-electron chi connectivity index (χ1n) is 12.3. The number of likely N-dealkylation sites (tertiary alicyclic amines) is 1. The van der Waals surface area contributed by atoms with Gasteiger partial charge in [-0.15, -0.1) is 0 Å². The number of carbonyl (C=O) groups is 2. The van der Waals surface area contributed by atoms with Crippen molar-refractivity contribution in [1.29, 1.82) is 5.41 Å². The lowest BCUT2D eigenvalue weighted by Gasteiger charge is -2.39. The number of rotatable bonds is 6. The van der Waals surface area contributed by atoms with Gasteiger partial charge >= 0.3 is 0 Å². The topological polar surface area (TPSA) is 76.5 Å². The molecule has 1 aromatic rings. The molecule has 2 saturated heterocycles. The van der Waals surface area contributed by atoms with Crippen molar-refractivity contribution < 1.29 is 9.59 Å². The lowest BCUT2D eigenvalue weighted by atomic mass is 9.77. The second-order valence-corrected chi connectivity index (χ2v) is 10.7. The maximum absolute atomic E-state index is 13.7. The van der Waals surface area contributed by atoms with Gasteiger partial charge < -0.3 is 10.2 Å². The molecule has 4 rings (SSSR count). The fourth-order valence-corrected chi connectivity index (χ4v) is 6.15. The summed E-state index contributed by atoms with van der Waals surface area (Å²) in [5.74, 6) is 1.24. The third-order valence-electron chi connectivity index (χ3n) is 7.73. The second kappa shape index (κ2) is 8.87. The van der Waals surface area contributed by atoms with Gasteiger partial charge in [-0.1, -0.05) is 57.0 Å². The van der Waals surface area contributed by atoms with Crippen LogP contribution in [0.3, 0.4) is 0 Å². The summed E-state index contributed by atoms with van der Waals surface area (Å²) >= 11 is 0. The molecule has 2 heterocycles. The molecule has 0 spiro atoms. The Labute approximate surface area is 192 Å². The highest BCUT2D eigenvalue weighted by atomic mass is 16.2. The van der Waals surface area contributed by atoms with E-state index in [1.165, 1.54) is 0 Å². The van der Waals surface area contributed by atoms with E-state index in [2.05, 4.69) is 36.2 Å². The van der Waals surface area contributed by atoms with Gasteiger partial charge in [0.05, 0.1) is 5.41 Å². The van der Waals surface area contributed by atoms with Crippen LogP contribution in [-0.2, 0) is 15.0 Å². The van der Waals surface area contributed by atoms with E-state index in [1.54, 1.807) is 4.90 Å². The van der Waals surface area contributed by atoms with Gasteiger partial charge in [-0.2, -0.15) is 0 Å². The van der Waals surface area contributed by atoms with E-state index in [0.29, 0.717) is 18.4 Å². The predicted molar refractivity (Wildman–Crippen MR) is 126 cm³/mol. The highest BCUT2D eigenvalue weighted by Gasteiger charge is 2.48. The molecule has 3 fully saturated rings. The van der Waals surface area contributed by atoms with Gasteiger partial charge in [0.15, 0.2) is 5.96 Å². The predicted octanol–water partition coefficient (Wildman–Crippen LogP) is 3.91. The van der Waals surface area contributed by atoms with Gasteiger partial charge in [0, 0.05) is 19.6 Å². The summed E-state index contributed by atoms with van der Waals surface area (Å²) in [6.45, 7) is 8.17. The highest BCUT2D eigenvalue weighted by Crippen LogP contribution is 2.43. The van der Waals surface area contributed by atoms with Crippen molar-refractivity contribution in [2.75, 3.05) is 19.6 Å². The van der Waals surface area contributed by atoms with Crippen molar-refractivity contribution in [3.05, 3.63) is 35.9 Å². The van der Waals surface area contributed by atoms with Gasteiger partial charge in [0.2, 0.25) is 5.91 Å². The van der Waals surface area contributed by atoms with Crippen LogP contribution in [0.15, 0.2) is 30.3 Å². The standard InChI is InChI=1S/C26H38N4O2/c1-19(2)17-25(3)22(31)30(24(27)28-25)18-20-11-15-29(16-12-20)23(32)26(13-7-8-14-26)21-9-5-4-6-10-21/h4-6,9-10,19-20H,7-8,11-18H2,1-3H3,(H2,27,28). The van der Waals surface area contributed by atoms with Gasteiger partial charge in [-0.25, -0.2) is 0 Å². The van der Waals surface area contributed by atoms with Gasteiger partial charge in [0.1, 0.15) is 5.54 Å². The number of nitrogens with zero attached hydrogens (tertiary/aromatic N) is 2. The number of guanidine groups is 1. The van der Waals surface area contributed by atoms with E-state index in [0.717, 1.165) is 63.6 Å². The van der Waals surface area contributed by atoms with Crippen LogP contribution in [0, 0.1) is 17.2 Å². The molecular formula is C26H38N4O2. The molecule has 2 N–H and O–H groups in total. The Kier molecular flexibility index (Phi) is 6.33. The number of benzene rings is 1. The molecule has 6 nitrogen and oxygen atoms in total. The van der Waals surface area contributed by atoms with E-state index in [4.69, 9.17) is 5.41 Å². The maximum atomic E-state index is 13.7. The normalized spacial score (nSPS) is 26.1. The van der Waals surface area contributed by atoms with Crippen molar-refractivity contribution in [3.8, 4) is 0 Å². The molecule has 1 unspecified atom stereocenters. The van der Waals surface area contributed by atoms with Gasteiger partial charge in [-0.3, -0.25) is 19.9 Å². The molecule has 1 aromatic carbocycles. The Morgan fingerprint density at radius 3 is 2.38 bits per heavy atom. The molecular weight excluding hydrogens is 400 g/mol. The fourth-order valence-electron chi connectivity index (χ4n) is 6.15. The molecule has 3 aliphatic rings. The van der Waals surface area contributed by atoms with E-state index < -0.39 is 5.54 Å². The first kappa shape index (κ1) is 22.8. The summed E-state index contributed by atoms with van der Waals surface area (Å²) in [6, 6.07) is 10.3. The summed E-state index contributed by atoms with van der Waals surface area (Å²) in [5, 5.41) is 11.5. The average molecular weight is 439 g/mol. The van der Waals surface area contributed by atoms with Crippen LogP contribution in [0.1, 0.15) is 71.3 Å². The molecule has 0 bridgehead atoms. The summed E-state index contributed by atoms with van der Waals surface area (Å²) < 4.78 is 0. The Balaban J connectivity index is 1.38. The molecule has 1 saturated carbocycles. The van der Waals surface area contributed by atoms with Crippen LogP contribution in [0.4, 0.5) is 0 Å². The van der Waals surface area contributed by atoms with E-state index in [1.807, 2.05) is 25.1 Å². The minimum Gasteiger partial charge on any atom is -0.342 e. The summed E-state index contributed by atoms with van der Waals surface area (Å²) in [5.41, 5.74) is 0.132. The quantitative estimate of drug-likeness (QED) is 0.707. The third-order valence-corrected chi connectivity index (χ3v) is 7.73. The summed E-state index contributed by atoms with van der Waals surface area (Å²) in [7, 11) is 0. The van der Waals surface area contributed by atoms with Crippen LogP contribution >= 0.6 is 0 Å². The van der Waals surface area contributed by atoms with Gasteiger partial charge in [0.25, 0.3) is 5.91 Å². The van der Waals surface area contributed by atoms with Gasteiger partial charge in [-0.05, 0) is 56.4 Å². The van der Waals surface area contributed by atoms with Crippen molar-refractivity contribution in [2.45, 2.75) is 76.7 Å². The number of hydrogen-bond donors (Lipinski definition) is 2. The zero-order valence-corrected chi connectivity index (χ0v) is 19.8. The molecule has 32 heavy (non-hydrogen) atoms. The average Bonchev–Trinajstić information content (AvgIpc) is 3.34. The minimum atomic E-state index is -0.674. The molecule has 1 aliphatic carbocycles. The third kappa shape index (κ3) is 4.16.